The molecule has 1 spiro atoms. The highest BCUT2D eigenvalue weighted by atomic mass is 15.3. The molecule has 1 aliphatic heterocycles. The summed E-state index contributed by atoms with van der Waals surface area (Å²) >= 11 is 0. The number of nitrogens with one attached hydrogen (secondary N) is 1. The summed E-state index contributed by atoms with van der Waals surface area (Å²) in [5.41, 5.74) is 0.473. The van der Waals surface area contributed by atoms with Crippen molar-refractivity contribution in [2.45, 2.75) is 63.6 Å². The lowest BCUT2D eigenvalue weighted by Crippen LogP contribution is -2.63. The predicted octanol–water partition coefficient (Wildman–Crippen LogP) is 2.27. The minimum absolute atomic E-state index is 0.473. The van der Waals surface area contributed by atoms with Crippen molar-refractivity contribution in [2.24, 2.45) is 0 Å². The molecule has 112 valence electrons. The Bertz CT molecular complexity index is 395. The van der Waals surface area contributed by atoms with Crippen LogP contribution in [0, 0.1) is 0 Å². The fourth-order valence-electron chi connectivity index (χ4n) is 3.96. The fraction of sp³-hybridized carbons (Fsp3) is 0.812. The first kappa shape index (κ1) is 14.1. The molecule has 2 heterocycles. The lowest BCUT2D eigenvalue weighted by molar-refractivity contribution is 0.0402. The van der Waals surface area contributed by atoms with Crippen molar-refractivity contribution in [3.05, 3.63) is 18.7 Å². The molecule has 1 aliphatic carbocycles. The van der Waals surface area contributed by atoms with E-state index < -0.39 is 0 Å². The molecule has 1 atom stereocenters. The van der Waals surface area contributed by atoms with E-state index in [-0.39, 0.29) is 0 Å². The highest BCUT2D eigenvalue weighted by Crippen LogP contribution is 2.37. The van der Waals surface area contributed by atoms with Crippen LogP contribution in [-0.2, 0) is 6.54 Å². The van der Waals surface area contributed by atoms with Gasteiger partial charge in [0.25, 0.3) is 0 Å². The Kier molecular flexibility index (Phi) is 4.41. The van der Waals surface area contributed by atoms with Crippen molar-refractivity contribution >= 4 is 0 Å². The lowest BCUT2D eigenvalue weighted by atomic mass is 9.90. The van der Waals surface area contributed by atoms with Gasteiger partial charge in [0.1, 0.15) is 0 Å². The van der Waals surface area contributed by atoms with Crippen molar-refractivity contribution in [1.29, 1.82) is 0 Å². The minimum atomic E-state index is 0.473. The van der Waals surface area contributed by atoms with Gasteiger partial charge in [-0.15, -0.1) is 0 Å². The monoisotopic (exact) mass is 276 g/mol. The molecule has 3 rings (SSSR count). The number of aryl methyl sites for hydroxylation is 1. The molecule has 2 aliphatic rings. The quantitative estimate of drug-likeness (QED) is 0.895. The Morgan fingerprint density at radius 1 is 1.30 bits per heavy atom. The van der Waals surface area contributed by atoms with Crippen LogP contribution in [-0.4, -0.2) is 45.7 Å². The molecule has 0 aromatic carbocycles. The Hall–Kier alpha value is -0.870. The van der Waals surface area contributed by atoms with Crippen LogP contribution < -0.4 is 5.32 Å². The van der Waals surface area contributed by atoms with E-state index in [1.54, 1.807) is 0 Å². The molecule has 1 saturated carbocycles. The van der Waals surface area contributed by atoms with Crippen LogP contribution in [0.5, 0.6) is 0 Å². The Labute approximate surface area is 122 Å². The number of nitrogens with zero attached hydrogens (tertiary/aromatic N) is 3. The van der Waals surface area contributed by atoms with Crippen molar-refractivity contribution in [2.75, 3.05) is 19.6 Å². The second-order valence-corrected chi connectivity index (χ2v) is 6.52. The van der Waals surface area contributed by atoms with Crippen LogP contribution in [0.15, 0.2) is 18.7 Å². The molecule has 0 radical (unpaired) electrons. The van der Waals surface area contributed by atoms with E-state index in [0.29, 0.717) is 11.6 Å². The molecule has 0 amide bonds. The van der Waals surface area contributed by atoms with Gasteiger partial charge in [-0.05, 0) is 25.7 Å². The SMILES string of the molecule is CCC1CN(CCCn2ccnc2)C2(CCCC2)CN1. The molecule has 1 unspecified atom stereocenters. The van der Waals surface area contributed by atoms with Gasteiger partial charge in [-0.25, -0.2) is 4.98 Å². The second-order valence-electron chi connectivity index (χ2n) is 6.52. The number of aromatic nitrogens is 2. The molecular formula is C16H28N4. The molecule has 0 bridgehead atoms. The second kappa shape index (κ2) is 6.27. The molecule has 1 saturated heterocycles. The Morgan fingerprint density at radius 2 is 2.15 bits per heavy atom. The van der Waals surface area contributed by atoms with E-state index in [9.17, 15) is 0 Å². The Morgan fingerprint density at radius 3 is 2.85 bits per heavy atom. The summed E-state index contributed by atoms with van der Waals surface area (Å²) in [5.74, 6) is 0. The van der Waals surface area contributed by atoms with E-state index in [2.05, 4.69) is 32.9 Å². The first-order valence-corrected chi connectivity index (χ1v) is 8.26. The molecule has 1 N–H and O–H groups in total. The third kappa shape index (κ3) is 2.91. The summed E-state index contributed by atoms with van der Waals surface area (Å²) in [6.45, 7) is 7.07. The van der Waals surface area contributed by atoms with Crippen molar-refractivity contribution in [1.82, 2.24) is 19.8 Å². The standard InChI is InChI=1S/C16H28N4/c1-2-15-12-20(10-5-9-19-11-8-17-14-19)16(13-18-15)6-3-4-7-16/h8,11,14-15,18H,2-7,9-10,12-13H2,1H3. The number of rotatable bonds is 5. The highest BCUT2D eigenvalue weighted by Gasteiger charge is 2.42. The van der Waals surface area contributed by atoms with Crippen LogP contribution in [0.1, 0.15) is 45.4 Å². The summed E-state index contributed by atoms with van der Waals surface area (Å²) in [5, 5.41) is 3.78. The maximum Gasteiger partial charge on any atom is 0.0945 e. The molecule has 1 aromatic heterocycles. The molecule has 4 nitrogen and oxygen atoms in total. The topological polar surface area (TPSA) is 33.1 Å². The van der Waals surface area contributed by atoms with E-state index in [0.717, 1.165) is 6.54 Å². The zero-order valence-electron chi connectivity index (χ0n) is 12.7. The van der Waals surface area contributed by atoms with Gasteiger partial charge in [0, 0.05) is 50.2 Å². The number of hydrogen-bond acceptors (Lipinski definition) is 3. The maximum atomic E-state index is 4.12. The number of imidazole rings is 1. The van der Waals surface area contributed by atoms with Crippen LogP contribution in [0.2, 0.25) is 0 Å². The first-order chi connectivity index (χ1) is 9.82. The molecular weight excluding hydrogens is 248 g/mol. The van der Waals surface area contributed by atoms with Crippen LogP contribution >= 0.6 is 0 Å². The normalized spacial score (nSPS) is 26.4. The summed E-state index contributed by atoms with van der Waals surface area (Å²) in [6, 6.07) is 0.689. The van der Waals surface area contributed by atoms with Crippen molar-refractivity contribution in [3.63, 3.8) is 0 Å². The van der Waals surface area contributed by atoms with E-state index in [1.165, 1.54) is 58.2 Å². The largest absolute Gasteiger partial charge is 0.337 e. The molecule has 20 heavy (non-hydrogen) atoms. The summed E-state index contributed by atoms with van der Waals surface area (Å²) in [7, 11) is 0. The molecule has 1 aromatic rings. The van der Waals surface area contributed by atoms with Gasteiger partial charge in [-0.2, -0.15) is 0 Å². The lowest BCUT2D eigenvalue weighted by Gasteiger charge is -2.48. The number of hydrogen-bond donors (Lipinski definition) is 1. The van der Waals surface area contributed by atoms with Gasteiger partial charge in [-0.3, -0.25) is 4.90 Å². The average Bonchev–Trinajstić information content (AvgIpc) is 3.13. The fourth-order valence-corrected chi connectivity index (χ4v) is 3.96. The van der Waals surface area contributed by atoms with Gasteiger partial charge >= 0.3 is 0 Å². The van der Waals surface area contributed by atoms with E-state index in [4.69, 9.17) is 0 Å². The third-order valence-electron chi connectivity index (χ3n) is 5.26. The Balaban J connectivity index is 1.57. The van der Waals surface area contributed by atoms with Gasteiger partial charge in [0.15, 0.2) is 0 Å². The van der Waals surface area contributed by atoms with Crippen LogP contribution in [0.25, 0.3) is 0 Å². The summed E-state index contributed by atoms with van der Waals surface area (Å²) in [4.78, 5) is 6.93. The third-order valence-corrected chi connectivity index (χ3v) is 5.26. The number of piperazine rings is 1. The van der Waals surface area contributed by atoms with Gasteiger partial charge in [-0.1, -0.05) is 19.8 Å². The summed E-state index contributed by atoms with van der Waals surface area (Å²) in [6.07, 6.45) is 13.9. The van der Waals surface area contributed by atoms with Crippen LogP contribution in [0.3, 0.4) is 0 Å². The van der Waals surface area contributed by atoms with Crippen molar-refractivity contribution < 1.29 is 0 Å². The first-order valence-electron chi connectivity index (χ1n) is 8.26. The minimum Gasteiger partial charge on any atom is -0.337 e. The van der Waals surface area contributed by atoms with Gasteiger partial charge in [0.05, 0.1) is 6.33 Å². The predicted molar refractivity (Wildman–Crippen MR) is 81.7 cm³/mol. The average molecular weight is 276 g/mol. The smallest absolute Gasteiger partial charge is 0.0945 e. The van der Waals surface area contributed by atoms with Crippen molar-refractivity contribution in [3.8, 4) is 0 Å². The van der Waals surface area contributed by atoms with Gasteiger partial charge in [0.2, 0.25) is 0 Å². The van der Waals surface area contributed by atoms with Gasteiger partial charge < -0.3 is 9.88 Å². The van der Waals surface area contributed by atoms with E-state index >= 15 is 0 Å². The highest BCUT2D eigenvalue weighted by molar-refractivity contribution is 5.01. The molecule has 4 heteroatoms. The van der Waals surface area contributed by atoms with Crippen LogP contribution in [0.4, 0.5) is 0 Å². The summed E-state index contributed by atoms with van der Waals surface area (Å²) < 4.78 is 2.20. The van der Waals surface area contributed by atoms with E-state index in [1.807, 2.05) is 12.5 Å². The zero-order chi connectivity index (χ0) is 13.8. The zero-order valence-corrected chi connectivity index (χ0v) is 12.7. The molecule has 2 fully saturated rings. The maximum absolute atomic E-state index is 4.12.